The van der Waals surface area contributed by atoms with Gasteiger partial charge in [-0.1, -0.05) is 39.0 Å². The fourth-order valence-corrected chi connectivity index (χ4v) is 5.57. The predicted molar refractivity (Wildman–Crippen MR) is 161 cm³/mol. The summed E-state index contributed by atoms with van der Waals surface area (Å²) in [7, 11) is 1.65. The van der Waals surface area contributed by atoms with Crippen molar-refractivity contribution in [1.82, 2.24) is 20.3 Å². The topological polar surface area (TPSA) is 137 Å². The van der Waals surface area contributed by atoms with Crippen molar-refractivity contribution in [3.8, 4) is 5.75 Å². The van der Waals surface area contributed by atoms with Crippen LogP contribution in [0.3, 0.4) is 0 Å². The number of hydrogen-bond donors (Lipinski definition) is 4. The number of methoxy groups -OCH3 is 1. The molecule has 1 aromatic carbocycles. The lowest BCUT2D eigenvalue weighted by molar-refractivity contribution is -0.192. The fourth-order valence-electron chi connectivity index (χ4n) is 5.57. The van der Waals surface area contributed by atoms with Crippen molar-refractivity contribution in [3.05, 3.63) is 47.2 Å². The van der Waals surface area contributed by atoms with Crippen LogP contribution in [0.4, 0.5) is 13.2 Å². The Bertz CT molecular complexity index is 1390. The zero-order chi connectivity index (χ0) is 32.3. The van der Waals surface area contributed by atoms with E-state index in [1.54, 1.807) is 7.11 Å². The van der Waals surface area contributed by atoms with E-state index in [9.17, 15) is 22.8 Å². The smallest absolute Gasteiger partial charge is 0.490 e. The maximum Gasteiger partial charge on any atom is 0.490 e. The number of fused-ring (bicyclic) bond motifs is 1. The second kappa shape index (κ2) is 16.3. The van der Waals surface area contributed by atoms with Crippen molar-refractivity contribution < 1.29 is 37.4 Å². The molecule has 1 aliphatic carbocycles. The predicted octanol–water partition coefficient (Wildman–Crippen LogP) is 7.22. The summed E-state index contributed by atoms with van der Waals surface area (Å²) in [6.45, 7) is 3.92. The zero-order valence-electron chi connectivity index (χ0n) is 25.6. The van der Waals surface area contributed by atoms with Gasteiger partial charge in [0.05, 0.1) is 19.6 Å². The Morgan fingerprint density at radius 3 is 2.45 bits per heavy atom. The Kier molecular flexibility index (Phi) is 12.8. The van der Waals surface area contributed by atoms with Crippen LogP contribution in [-0.2, 0) is 20.8 Å². The summed E-state index contributed by atoms with van der Waals surface area (Å²) in [4.78, 5) is 45.6. The van der Waals surface area contributed by atoms with Crippen LogP contribution in [-0.4, -0.2) is 51.0 Å². The van der Waals surface area contributed by atoms with Gasteiger partial charge < -0.3 is 25.1 Å². The van der Waals surface area contributed by atoms with Gasteiger partial charge >= 0.3 is 12.1 Å². The van der Waals surface area contributed by atoms with Crippen molar-refractivity contribution in [3.63, 3.8) is 0 Å². The van der Waals surface area contributed by atoms with Crippen molar-refractivity contribution in [2.24, 2.45) is 0 Å². The Hall–Kier alpha value is -3.83. The zero-order valence-corrected chi connectivity index (χ0v) is 25.6. The molecule has 44 heavy (non-hydrogen) atoms. The molecule has 0 bridgehead atoms. The number of aliphatic carboxylic acids is 1. The Morgan fingerprint density at radius 2 is 1.82 bits per heavy atom. The maximum absolute atomic E-state index is 13.3. The number of unbranched alkanes of at least 4 members (excludes halogenated alkanes) is 2. The van der Waals surface area contributed by atoms with Gasteiger partial charge in [0.25, 0.3) is 0 Å². The summed E-state index contributed by atoms with van der Waals surface area (Å²) in [6.07, 6.45) is 8.28. The number of hydrogen-bond acceptors (Lipinski definition) is 5. The summed E-state index contributed by atoms with van der Waals surface area (Å²) >= 11 is 0. The van der Waals surface area contributed by atoms with Gasteiger partial charge in [-0.05, 0) is 56.4 Å². The fraction of sp³-hybridized carbons (Fsp3) is 0.562. The molecule has 0 spiro atoms. The summed E-state index contributed by atoms with van der Waals surface area (Å²) in [5.74, 6) is -0.301. The highest BCUT2D eigenvalue weighted by atomic mass is 19.4. The third-order valence-corrected chi connectivity index (χ3v) is 8.07. The number of benzene rings is 1. The molecule has 12 heteroatoms. The van der Waals surface area contributed by atoms with Crippen LogP contribution in [0.25, 0.3) is 10.9 Å². The molecule has 1 saturated carbocycles. The minimum Gasteiger partial charge on any atom is -0.497 e. The molecule has 9 nitrogen and oxygen atoms in total. The first kappa shape index (κ1) is 34.7. The average molecular weight is 621 g/mol. The molecule has 4 N–H and O–H groups in total. The van der Waals surface area contributed by atoms with Crippen molar-refractivity contribution >= 4 is 28.6 Å². The number of halogens is 3. The number of imidazole rings is 1. The number of nitrogens with zero attached hydrogens (tertiary/aromatic N) is 1. The van der Waals surface area contributed by atoms with Crippen LogP contribution in [0.15, 0.2) is 24.4 Å². The van der Waals surface area contributed by atoms with Gasteiger partial charge in [-0.3, -0.25) is 9.59 Å². The standard InChI is InChI=1S/C30H42N4O3.C2HF3O2/c1-4-22(35)13-9-6-10-14-27(30-31-19-28(34-30)21-11-7-5-8-12-21)33-29(36)18-24-20(2)32-26-16-15-23(37-3)17-25(24)26;3-2(4,5)1(6)7/h15-17,19,21,27,32H,4-14,18H2,1-3H3,(H,31,34)(H,33,36);(H,6,7)/t27-;/m0./s1. The highest BCUT2D eigenvalue weighted by Gasteiger charge is 2.38. The molecule has 0 saturated heterocycles. The molecule has 242 valence electrons. The summed E-state index contributed by atoms with van der Waals surface area (Å²) in [6, 6.07) is 5.73. The molecule has 0 radical (unpaired) electrons. The normalized spacial score (nSPS) is 14.5. The number of aryl methyl sites for hydroxylation is 1. The maximum atomic E-state index is 13.3. The number of carbonyl (C=O) groups is 3. The van der Waals surface area contributed by atoms with Crippen molar-refractivity contribution in [2.45, 2.75) is 109 Å². The molecule has 0 aliphatic heterocycles. The number of alkyl halides is 3. The first-order valence-electron chi connectivity index (χ1n) is 15.2. The van der Waals surface area contributed by atoms with E-state index in [4.69, 9.17) is 19.6 Å². The number of ketones is 1. The van der Waals surface area contributed by atoms with Gasteiger partial charge in [0, 0.05) is 47.2 Å². The van der Waals surface area contributed by atoms with E-state index in [2.05, 4.69) is 15.3 Å². The first-order valence-corrected chi connectivity index (χ1v) is 15.2. The lowest BCUT2D eigenvalue weighted by atomic mass is 9.87. The number of H-pyrrole nitrogens is 2. The minimum absolute atomic E-state index is 0.0198. The number of aromatic nitrogens is 3. The molecule has 1 amide bonds. The number of carboxylic acid groups (broad SMARTS) is 1. The van der Waals surface area contributed by atoms with E-state index in [1.807, 2.05) is 38.2 Å². The second-order valence-corrected chi connectivity index (χ2v) is 11.3. The Morgan fingerprint density at radius 1 is 1.11 bits per heavy atom. The van der Waals surface area contributed by atoms with E-state index in [1.165, 1.54) is 37.8 Å². The molecule has 2 aromatic heterocycles. The van der Waals surface area contributed by atoms with Gasteiger partial charge in [-0.25, -0.2) is 9.78 Å². The number of rotatable bonds is 13. The van der Waals surface area contributed by atoms with Crippen LogP contribution in [0.5, 0.6) is 5.75 Å². The SMILES string of the molecule is CCC(=O)CCCCC[C@H](NC(=O)Cc1c(C)[nH]c2ccc(OC)cc12)c1ncc(C2CCCCC2)[nH]1.O=C(O)C(F)(F)F. The minimum atomic E-state index is -5.08. The van der Waals surface area contributed by atoms with Gasteiger partial charge in [-0.2, -0.15) is 13.2 Å². The number of ether oxygens (including phenoxy) is 1. The molecule has 1 fully saturated rings. The molecule has 1 aliphatic rings. The van der Waals surface area contributed by atoms with Crippen LogP contribution < -0.4 is 10.1 Å². The highest BCUT2D eigenvalue weighted by molar-refractivity contribution is 5.91. The molecular formula is C32H43F3N4O5. The number of aromatic amines is 2. The van der Waals surface area contributed by atoms with E-state index >= 15 is 0 Å². The summed E-state index contributed by atoms with van der Waals surface area (Å²) in [5, 5.41) is 11.4. The van der Waals surface area contributed by atoms with E-state index in [0.29, 0.717) is 24.5 Å². The van der Waals surface area contributed by atoms with E-state index in [0.717, 1.165) is 59.4 Å². The van der Waals surface area contributed by atoms with Gasteiger partial charge in [0.2, 0.25) is 5.91 Å². The van der Waals surface area contributed by atoms with Crippen LogP contribution in [0.2, 0.25) is 0 Å². The number of carbonyl (C=O) groups excluding carboxylic acids is 2. The number of nitrogens with one attached hydrogen (secondary N) is 3. The van der Waals surface area contributed by atoms with E-state index < -0.39 is 12.1 Å². The summed E-state index contributed by atoms with van der Waals surface area (Å²) < 4.78 is 37.1. The first-order chi connectivity index (χ1) is 20.9. The largest absolute Gasteiger partial charge is 0.497 e. The molecule has 0 unspecified atom stereocenters. The van der Waals surface area contributed by atoms with Crippen LogP contribution >= 0.6 is 0 Å². The van der Waals surface area contributed by atoms with Gasteiger partial charge in [0.15, 0.2) is 0 Å². The molecule has 4 rings (SSSR count). The number of carboxylic acids is 1. The molecule has 2 heterocycles. The average Bonchev–Trinajstić information content (AvgIpc) is 3.61. The van der Waals surface area contributed by atoms with Gasteiger partial charge in [0.1, 0.15) is 17.4 Å². The molecule has 1 atom stereocenters. The van der Waals surface area contributed by atoms with Gasteiger partial charge in [-0.15, -0.1) is 0 Å². The molecular weight excluding hydrogens is 577 g/mol. The Balaban J connectivity index is 0.000000676. The summed E-state index contributed by atoms with van der Waals surface area (Å²) in [5.41, 5.74) is 4.18. The quantitative estimate of drug-likeness (QED) is 0.149. The number of Topliss-reactive ketones (excluding diaryl/α,β-unsaturated/α-hetero) is 1. The monoisotopic (exact) mass is 620 g/mol. The lowest BCUT2D eigenvalue weighted by Crippen LogP contribution is -2.30. The lowest BCUT2D eigenvalue weighted by Gasteiger charge is -2.20. The van der Waals surface area contributed by atoms with Crippen LogP contribution in [0.1, 0.15) is 112 Å². The van der Waals surface area contributed by atoms with Crippen molar-refractivity contribution in [1.29, 1.82) is 0 Å². The second-order valence-electron chi connectivity index (χ2n) is 11.3. The third-order valence-electron chi connectivity index (χ3n) is 8.07. The highest BCUT2D eigenvalue weighted by Crippen LogP contribution is 2.33. The number of amides is 1. The van der Waals surface area contributed by atoms with Crippen LogP contribution in [0, 0.1) is 6.92 Å². The Labute approximate surface area is 255 Å². The van der Waals surface area contributed by atoms with Crippen molar-refractivity contribution in [2.75, 3.05) is 7.11 Å². The van der Waals surface area contributed by atoms with E-state index in [-0.39, 0.29) is 18.4 Å². The third kappa shape index (κ3) is 10.1. The molecule has 3 aromatic rings.